The van der Waals surface area contributed by atoms with Gasteiger partial charge < -0.3 is 0 Å². The van der Waals surface area contributed by atoms with E-state index < -0.39 is 10.0 Å². The molecular formula is C6H6N4O2S. The topological polar surface area (TPSA) is 77.7 Å². The van der Waals surface area contributed by atoms with Crippen LogP contribution in [0.4, 0.5) is 0 Å². The Kier molecular flexibility index (Phi) is 1.56. The molecule has 0 aliphatic carbocycles. The Bertz CT molecular complexity index is 545. The number of nitrogens with zero attached hydrogens (tertiary/aromatic N) is 4. The molecule has 0 spiro atoms. The SMILES string of the molecule is CS(=O)(=O)n1cnc2nnccc21. The Morgan fingerprint density at radius 1 is 1.46 bits per heavy atom. The van der Waals surface area contributed by atoms with E-state index in [0.29, 0.717) is 11.2 Å². The van der Waals surface area contributed by atoms with Crippen molar-refractivity contribution < 1.29 is 8.42 Å². The van der Waals surface area contributed by atoms with E-state index in [0.717, 1.165) is 10.2 Å². The molecule has 0 atom stereocenters. The van der Waals surface area contributed by atoms with Crippen molar-refractivity contribution in [1.82, 2.24) is 19.2 Å². The van der Waals surface area contributed by atoms with Crippen LogP contribution in [0.15, 0.2) is 18.6 Å². The molecule has 2 heterocycles. The fourth-order valence-electron chi connectivity index (χ4n) is 1.02. The molecule has 0 amide bonds. The summed E-state index contributed by atoms with van der Waals surface area (Å²) in [5, 5.41) is 7.26. The minimum absolute atomic E-state index is 0.327. The van der Waals surface area contributed by atoms with Gasteiger partial charge in [-0.25, -0.2) is 17.4 Å². The summed E-state index contributed by atoms with van der Waals surface area (Å²) in [5.41, 5.74) is 0.769. The number of hydrogen-bond acceptors (Lipinski definition) is 5. The summed E-state index contributed by atoms with van der Waals surface area (Å²) in [5.74, 6) is 0. The third-order valence-electron chi connectivity index (χ3n) is 1.56. The fourth-order valence-corrected chi connectivity index (χ4v) is 1.73. The van der Waals surface area contributed by atoms with Gasteiger partial charge >= 0.3 is 0 Å². The molecule has 2 rings (SSSR count). The van der Waals surface area contributed by atoms with E-state index in [1.165, 1.54) is 12.5 Å². The number of hydrogen-bond donors (Lipinski definition) is 0. The second-order valence-corrected chi connectivity index (χ2v) is 4.40. The van der Waals surface area contributed by atoms with Crippen LogP contribution in [0.2, 0.25) is 0 Å². The van der Waals surface area contributed by atoms with Crippen LogP contribution in [0.5, 0.6) is 0 Å². The molecule has 68 valence electrons. The van der Waals surface area contributed by atoms with Crippen LogP contribution in [-0.4, -0.2) is 33.8 Å². The summed E-state index contributed by atoms with van der Waals surface area (Å²) in [4.78, 5) is 3.80. The standard InChI is InChI=1S/C6H6N4O2S/c1-13(11,12)10-4-7-6-5(10)2-3-8-9-6/h2-4H,1H3. The van der Waals surface area contributed by atoms with Crippen molar-refractivity contribution in [3.63, 3.8) is 0 Å². The zero-order valence-electron chi connectivity index (χ0n) is 6.75. The highest BCUT2D eigenvalue weighted by Crippen LogP contribution is 2.09. The first-order valence-corrected chi connectivity index (χ1v) is 5.29. The van der Waals surface area contributed by atoms with Crippen LogP contribution < -0.4 is 0 Å². The van der Waals surface area contributed by atoms with E-state index >= 15 is 0 Å². The Hall–Kier alpha value is -1.50. The Morgan fingerprint density at radius 3 is 2.92 bits per heavy atom. The molecule has 0 aliphatic heterocycles. The molecule has 2 aromatic heterocycles. The number of rotatable bonds is 1. The van der Waals surface area contributed by atoms with Gasteiger partial charge in [-0.05, 0) is 6.07 Å². The summed E-state index contributed by atoms with van der Waals surface area (Å²) >= 11 is 0. The lowest BCUT2D eigenvalue weighted by Crippen LogP contribution is -2.08. The minimum atomic E-state index is -3.30. The van der Waals surface area contributed by atoms with Crippen molar-refractivity contribution in [2.45, 2.75) is 0 Å². The summed E-state index contributed by atoms with van der Waals surface area (Å²) in [7, 11) is -3.30. The number of imidazole rings is 1. The third-order valence-corrected chi connectivity index (χ3v) is 2.57. The molecule has 0 aliphatic rings. The van der Waals surface area contributed by atoms with Crippen molar-refractivity contribution >= 4 is 21.2 Å². The Labute approximate surface area is 74.3 Å². The van der Waals surface area contributed by atoms with Gasteiger partial charge in [-0.2, -0.15) is 5.10 Å². The van der Waals surface area contributed by atoms with E-state index in [9.17, 15) is 8.42 Å². The molecule has 13 heavy (non-hydrogen) atoms. The maximum absolute atomic E-state index is 11.2. The highest BCUT2D eigenvalue weighted by atomic mass is 32.2. The Morgan fingerprint density at radius 2 is 2.23 bits per heavy atom. The zero-order chi connectivity index (χ0) is 9.47. The van der Waals surface area contributed by atoms with Gasteiger partial charge in [-0.3, -0.25) is 0 Å². The fraction of sp³-hybridized carbons (Fsp3) is 0.167. The maximum atomic E-state index is 11.2. The van der Waals surface area contributed by atoms with Crippen LogP contribution in [0.3, 0.4) is 0 Å². The average Bonchev–Trinajstić information content (AvgIpc) is 2.45. The third kappa shape index (κ3) is 1.26. The second-order valence-electron chi connectivity index (χ2n) is 2.54. The zero-order valence-corrected chi connectivity index (χ0v) is 7.56. The molecule has 0 unspecified atom stereocenters. The molecule has 0 saturated heterocycles. The highest BCUT2D eigenvalue weighted by molar-refractivity contribution is 7.89. The van der Waals surface area contributed by atoms with Gasteiger partial charge in [0, 0.05) is 0 Å². The molecule has 0 aromatic carbocycles. The lowest BCUT2D eigenvalue weighted by atomic mass is 10.5. The summed E-state index contributed by atoms with van der Waals surface area (Å²) < 4.78 is 23.4. The Balaban J connectivity index is 2.87. The van der Waals surface area contributed by atoms with E-state index in [1.54, 1.807) is 6.07 Å². The molecule has 2 aromatic rings. The van der Waals surface area contributed by atoms with Crippen molar-refractivity contribution in [3.8, 4) is 0 Å². The monoisotopic (exact) mass is 198 g/mol. The summed E-state index contributed by atoms with van der Waals surface area (Å²) in [6, 6.07) is 1.55. The predicted molar refractivity (Wildman–Crippen MR) is 45.6 cm³/mol. The lowest BCUT2D eigenvalue weighted by Gasteiger charge is -1.97. The number of fused-ring (bicyclic) bond motifs is 1. The van der Waals surface area contributed by atoms with Crippen molar-refractivity contribution in [2.75, 3.05) is 6.26 Å². The van der Waals surface area contributed by atoms with Crippen LogP contribution in [0.1, 0.15) is 0 Å². The van der Waals surface area contributed by atoms with Gasteiger partial charge in [0.05, 0.1) is 12.5 Å². The molecular weight excluding hydrogens is 192 g/mol. The van der Waals surface area contributed by atoms with E-state index in [-0.39, 0.29) is 0 Å². The summed E-state index contributed by atoms with van der Waals surface area (Å²) in [6.45, 7) is 0. The first-order valence-electron chi connectivity index (χ1n) is 3.44. The van der Waals surface area contributed by atoms with E-state index in [2.05, 4.69) is 15.2 Å². The summed E-state index contributed by atoms with van der Waals surface area (Å²) in [6.07, 6.45) is 3.74. The van der Waals surface area contributed by atoms with Gasteiger partial charge in [0.15, 0.2) is 0 Å². The maximum Gasteiger partial charge on any atom is 0.237 e. The molecule has 0 N–H and O–H groups in total. The smallest absolute Gasteiger partial charge is 0.224 e. The predicted octanol–water partition coefficient (Wildman–Crippen LogP) is -0.366. The van der Waals surface area contributed by atoms with Crippen molar-refractivity contribution in [3.05, 3.63) is 18.6 Å². The minimum Gasteiger partial charge on any atom is -0.224 e. The van der Waals surface area contributed by atoms with Crippen LogP contribution in [0.25, 0.3) is 11.2 Å². The van der Waals surface area contributed by atoms with E-state index in [4.69, 9.17) is 0 Å². The first-order chi connectivity index (χ1) is 6.09. The van der Waals surface area contributed by atoms with Gasteiger partial charge in [0.25, 0.3) is 0 Å². The molecule has 0 saturated carbocycles. The van der Waals surface area contributed by atoms with Gasteiger partial charge in [0.1, 0.15) is 11.8 Å². The van der Waals surface area contributed by atoms with Gasteiger partial charge in [-0.15, -0.1) is 5.10 Å². The van der Waals surface area contributed by atoms with Crippen molar-refractivity contribution in [2.24, 2.45) is 0 Å². The largest absolute Gasteiger partial charge is 0.237 e. The molecule has 0 radical (unpaired) electrons. The molecule has 0 fully saturated rings. The van der Waals surface area contributed by atoms with Crippen LogP contribution >= 0.6 is 0 Å². The molecule has 6 nitrogen and oxygen atoms in total. The highest BCUT2D eigenvalue weighted by Gasteiger charge is 2.10. The normalized spacial score (nSPS) is 12.1. The van der Waals surface area contributed by atoms with E-state index in [1.807, 2.05) is 0 Å². The van der Waals surface area contributed by atoms with Crippen molar-refractivity contribution in [1.29, 1.82) is 0 Å². The van der Waals surface area contributed by atoms with Crippen LogP contribution in [-0.2, 0) is 10.0 Å². The first kappa shape index (κ1) is 8.11. The van der Waals surface area contributed by atoms with Gasteiger partial charge in [-0.1, -0.05) is 0 Å². The molecule has 7 heteroatoms. The van der Waals surface area contributed by atoms with Crippen LogP contribution in [0, 0.1) is 0 Å². The average molecular weight is 198 g/mol. The lowest BCUT2D eigenvalue weighted by molar-refractivity contribution is 0.595. The quantitative estimate of drug-likeness (QED) is 0.625. The number of aromatic nitrogens is 4. The molecule has 0 bridgehead atoms. The van der Waals surface area contributed by atoms with Gasteiger partial charge in [0.2, 0.25) is 15.7 Å². The second kappa shape index (κ2) is 2.49.